The van der Waals surface area contributed by atoms with Crippen molar-refractivity contribution in [2.75, 3.05) is 18.9 Å². The molecule has 0 aromatic heterocycles. The Labute approximate surface area is 119 Å². The second kappa shape index (κ2) is 6.29. The number of halogens is 1. The van der Waals surface area contributed by atoms with Crippen molar-refractivity contribution in [2.45, 2.75) is 38.6 Å². The first kappa shape index (κ1) is 14.2. The number of carbonyl (C=O) groups is 1. The number of rotatable bonds is 3. The lowest BCUT2D eigenvalue weighted by Crippen LogP contribution is -2.43. The van der Waals surface area contributed by atoms with Gasteiger partial charge in [0.15, 0.2) is 0 Å². The lowest BCUT2D eigenvalue weighted by Gasteiger charge is -2.35. The van der Waals surface area contributed by atoms with Crippen LogP contribution in [-0.2, 0) is 0 Å². The predicted molar refractivity (Wildman–Crippen MR) is 80.0 cm³/mol. The zero-order chi connectivity index (χ0) is 13.8. The normalized spacial score (nSPS) is 19.3. The number of anilines is 1. The zero-order valence-corrected chi connectivity index (χ0v) is 12.3. The molecule has 104 valence electrons. The van der Waals surface area contributed by atoms with Crippen LogP contribution in [0.5, 0.6) is 0 Å². The minimum atomic E-state index is 0.0957. The van der Waals surface area contributed by atoms with Crippen LogP contribution in [0.15, 0.2) is 18.2 Å². The van der Waals surface area contributed by atoms with Gasteiger partial charge in [0.2, 0.25) is 0 Å². The lowest BCUT2D eigenvalue weighted by atomic mass is 9.98. The SMILES string of the molecule is CCC1CCCCN1C(=O)c1cc(Cl)ccc1NC. The van der Waals surface area contributed by atoms with Crippen LogP contribution in [0.3, 0.4) is 0 Å². The van der Waals surface area contributed by atoms with Crippen LogP contribution in [0, 0.1) is 0 Å². The van der Waals surface area contributed by atoms with Gasteiger partial charge in [-0.2, -0.15) is 0 Å². The van der Waals surface area contributed by atoms with Crippen LogP contribution >= 0.6 is 11.6 Å². The van der Waals surface area contributed by atoms with Crippen LogP contribution in [0.25, 0.3) is 0 Å². The first-order valence-corrected chi connectivity index (χ1v) is 7.33. The highest BCUT2D eigenvalue weighted by atomic mass is 35.5. The molecule has 1 aliphatic rings. The molecule has 1 aromatic rings. The van der Waals surface area contributed by atoms with Gasteiger partial charge in [0.25, 0.3) is 5.91 Å². The van der Waals surface area contributed by atoms with Gasteiger partial charge in [-0.25, -0.2) is 0 Å². The Balaban J connectivity index is 2.29. The van der Waals surface area contributed by atoms with Gasteiger partial charge in [0, 0.05) is 30.3 Å². The number of nitrogens with zero attached hydrogens (tertiary/aromatic N) is 1. The summed E-state index contributed by atoms with van der Waals surface area (Å²) in [5.41, 5.74) is 1.52. The molecule has 0 spiro atoms. The van der Waals surface area contributed by atoms with E-state index in [9.17, 15) is 4.79 Å². The second-order valence-corrected chi connectivity index (χ2v) is 5.43. The average molecular weight is 281 g/mol. The van der Waals surface area contributed by atoms with Gasteiger partial charge in [-0.15, -0.1) is 0 Å². The molecule has 1 N–H and O–H groups in total. The highest BCUT2D eigenvalue weighted by Gasteiger charge is 2.27. The quantitative estimate of drug-likeness (QED) is 0.914. The monoisotopic (exact) mass is 280 g/mol. The highest BCUT2D eigenvalue weighted by Crippen LogP contribution is 2.26. The average Bonchev–Trinajstić information content (AvgIpc) is 2.46. The molecule has 0 aliphatic carbocycles. The van der Waals surface area contributed by atoms with Crippen LogP contribution < -0.4 is 5.32 Å². The van der Waals surface area contributed by atoms with Gasteiger partial charge < -0.3 is 10.2 Å². The number of hydrogen-bond donors (Lipinski definition) is 1. The fourth-order valence-corrected chi connectivity index (χ4v) is 2.93. The maximum Gasteiger partial charge on any atom is 0.256 e. The van der Waals surface area contributed by atoms with E-state index in [1.807, 2.05) is 18.0 Å². The number of nitrogens with one attached hydrogen (secondary N) is 1. The Morgan fingerprint density at radius 1 is 1.47 bits per heavy atom. The molecule has 0 saturated carbocycles. The zero-order valence-electron chi connectivity index (χ0n) is 11.6. The van der Waals surface area contributed by atoms with Crippen molar-refractivity contribution in [1.82, 2.24) is 4.90 Å². The molecule has 2 rings (SSSR count). The Hall–Kier alpha value is -1.22. The third-order valence-corrected chi connectivity index (χ3v) is 4.08. The summed E-state index contributed by atoms with van der Waals surface area (Å²) >= 11 is 6.03. The van der Waals surface area contributed by atoms with E-state index in [0.29, 0.717) is 16.6 Å². The second-order valence-electron chi connectivity index (χ2n) is 5.00. The molecule has 1 amide bonds. The maximum atomic E-state index is 12.7. The van der Waals surface area contributed by atoms with E-state index in [1.54, 1.807) is 12.1 Å². The summed E-state index contributed by atoms with van der Waals surface area (Å²) in [4.78, 5) is 14.7. The molecule has 1 atom stereocenters. The molecule has 19 heavy (non-hydrogen) atoms. The minimum absolute atomic E-state index is 0.0957. The van der Waals surface area contributed by atoms with Gasteiger partial charge in [0.1, 0.15) is 0 Å². The number of benzene rings is 1. The Morgan fingerprint density at radius 2 is 2.26 bits per heavy atom. The third kappa shape index (κ3) is 3.03. The van der Waals surface area contributed by atoms with Crippen molar-refractivity contribution in [3.05, 3.63) is 28.8 Å². The number of likely N-dealkylation sites (tertiary alicyclic amines) is 1. The first-order valence-electron chi connectivity index (χ1n) is 6.95. The topological polar surface area (TPSA) is 32.3 Å². The summed E-state index contributed by atoms with van der Waals surface area (Å²) in [5.74, 6) is 0.0957. The summed E-state index contributed by atoms with van der Waals surface area (Å²) < 4.78 is 0. The highest BCUT2D eigenvalue weighted by molar-refractivity contribution is 6.31. The molecule has 1 aliphatic heterocycles. The number of hydrogen-bond acceptors (Lipinski definition) is 2. The smallest absolute Gasteiger partial charge is 0.256 e. The van der Waals surface area contributed by atoms with E-state index < -0.39 is 0 Å². The summed E-state index contributed by atoms with van der Waals surface area (Å²) in [6.45, 7) is 3.00. The standard InChI is InChI=1S/C15H21ClN2O/c1-3-12-6-4-5-9-18(12)15(19)13-10-11(16)7-8-14(13)17-2/h7-8,10,12,17H,3-6,9H2,1-2H3. The van der Waals surface area contributed by atoms with Crippen LogP contribution in [0.1, 0.15) is 43.0 Å². The molecule has 1 heterocycles. The third-order valence-electron chi connectivity index (χ3n) is 3.84. The van der Waals surface area contributed by atoms with Gasteiger partial charge in [-0.05, 0) is 43.9 Å². The maximum absolute atomic E-state index is 12.7. The molecule has 1 aromatic carbocycles. The minimum Gasteiger partial charge on any atom is -0.387 e. The number of amides is 1. The summed E-state index contributed by atoms with van der Waals surface area (Å²) in [6.07, 6.45) is 4.44. The number of piperidine rings is 1. The van der Waals surface area contributed by atoms with Gasteiger partial charge >= 0.3 is 0 Å². The van der Waals surface area contributed by atoms with Gasteiger partial charge in [0.05, 0.1) is 5.56 Å². The Morgan fingerprint density at radius 3 is 2.95 bits per heavy atom. The van der Waals surface area contributed by atoms with E-state index in [4.69, 9.17) is 11.6 Å². The van der Waals surface area contributed by atoms with Crippen LogP contribution in [-0.4, -0.2) is 30.4 Å². The predicted octanol–water partition coefficient (Wildman–Crippen LogP) is 3.79. The van der Waals surface area contributed by atoms with Crippen LogP contribution in [0.2, 0.25) is 5.02 Å². The van der Waals surface area contributed by atoms with Crippen molar-refractivity contribution in [1.29, 1.82) is 0 Å². The molecule has 0 bridgehead atoms. The van der Waals surface area contributed by atoms with Crippen molar-refractivity contribution in [2.24, 2.45) is 0 Å². The summed E-state index contributed by atoms with van der Waals surface area (Å²) in [5, 5.41) is 3.67. The van der Waals surface area contributed by atoms with Crippen molar-refractivity contribution in [3.63, 3.8) is 0 Å². The molecular formula is C15H21ClN2O. The molecule has 3 nitrogen and oxygen atoms in total. The molecule has 0 radical (unpaired) electrons. The Kier molecular flexibility index (Phi) is 4.70. The lowest BCUT2D eigenvalue weighted by molar-refractivity contribution is 0.0609. The molecule has 1 unspecified atom stereocenters. The fraction of sp³-hybridized carbons (Fsp3) is 0.533. The molecule has 1 saturated heterocycles. The van der Waals surface area contributed by atoms with E-state index in [1.165, 1.54) is 6.42 Å². The summed E-state index contributed by atoms with van der Waals surface area (Å²) in [7, 11) is 1.83. The van der Waals surface area contributed by atoms with E-state index in [2.05, 4.69) is 12.2 Å². The van der Waals surface area contributed by atoms with Gasteiger partial charge in [-0.3, -0.25) is 4.79 Å². The first-order chi connectivity index (χ1) is 9.17. The van der Waals surface area contributed by atoms with Crippen LogP contribution in [0.4, 0.5) is 5.69 Å². The Bertz CT molecular complexity index is 461. The van der Waals surface area contributed by atoms with Crippen molar-refractivity contribution >= 4 is 23.2 Å². The van der Waals surface area contributed by atoms with Gasteiger partial charge in [-0.1, -0.05) is 18.5 Å². The van der Waals surface area contributed by atoms with Crippen molar-refractivity contribution < 1.29 is 4.79 Å². The number of carbonyl (C=O) groups excluding carboxylic acids is 1. The van der Waals surface area contributed by atoms with E-state index >= 15 is 0 Å². The largest absolute Gasteiger partial charge is 0.387 e. The van der Waals surface area contributed by atoms with E-state index in [-0.39, 0.29) is 5.91 Å². The van der Waals surface area contributed by atoms with E-state index in [0.717, 1.165) is 31.5 Å². The molecular weight excluding hydrogens is 260 g/mol. The summed E-state index contributed by atoms with van der Waals surface area (Å²) in [6, 6.07) is 5.79. The fourth-order valence-electron chi connectivity index (χ4n) is 2.76. The molecule has 1 fully saturated rings. The molecule has 4 heteroatoms. The van der Waals surface area contributed by atoms with Crippen molar-refractivity contribution in [3.8, 4) is 0 Å².